The Balaban J connectivity index is 1.43. The topological polar surface area (TPSA) is 88.5 Å². The third-order valence-corrected chi connectivity index (χ3v) is 12.9. The lowest BCUT2D eigenvalue weighted by molar-refractivity contribution is -0.126. The molecule has 2 bridgehead atoms. The lowest BCUT2D eigenvalue weighted by Gasteiger charge is -2.46. The smallest absolute Gasteiger partial charge is 0.285 e. The largest absolute Gasteiger partial charge is 0.490 e. The van der Waals surface area contributed by atoms with Crippen LogP contribution < -0.4 is 9.64 Å². The number of anilines is 1. The first kappa shape index (κ1) is 33.0. The van der Waals surface area contributed by atoms with E-state index in [1.54, 1.807) is 20.2 Å². The molecule has 8 nitrogen and oxygen atoms in total. The maximum atomic E-state index is 14.1. The molecule has 0 radical (unpaired) electrons. The van der Waals surface area contributed by atoms with Gasteiger partial charge in [0.15, 0.2) is 0 Å². The maximum Gasteiger partial charge on any atom is 0.285 e. The second-order valence-corrected chi connectivity index (χ2v) is 16.3. The zero-order chi connectivity index (χ0) is 32.5. The van der Waals surface area contributed by atoms with Gasteiger partial charge < -0.3 is 19.3 Å². The molecule has 0 unspecified atom stereocenters. The summed E-state index contributed by atoms with van der Waals surface area (Å²) >= 11 is 6.43. The van der Waals surface area contributed by atoms with Gasteiger partial charge in [-0.25, -0.2) is 4.21 Å². The van der Waals surface area contributed by atoms with Crippen LogP contribution in [0, 0.1) is 11.8 Å². The highest BCUT2D eigenvalue weighted by Gasteiger charge is 2.44. The second kappa shape index (κ2) is 13.7. The minimum atomic E-state index is -3.13. The molecule has 5 atom stereocenters. The van der Waals surface area contributed by atoms with Crippen LogP contribution in [-0.4, -0.2) is 78.9 Å². The van der Waals surface area contributed by atoms with E-state index in [0.717, 1.165) is 61.7 Å². The standard InChI is InChI=1S/C36H46ClN3O5S/c1-4-39(2)34(41)22-46(43)18-7-5-6-10-32(44-3)29-14-11-27(29)21-40-23-36(17-8-9-25-19-28(37)13-15-30(25)36)24-45-33-16-12-26(20-31(33)40)35(42)38-46/h6,10,12-13,15-16,19-20,27,29,32H,4-5,7-9,11,14,17-18,21-24H2,1-3H3/b10-6+/t27-,29+,32-,36-,46-/m0/s1. The number of hydrogen-bond acceptors (Lipinski definition) is 6. The third-order valence-electron chi connectivity index (χ3n) is 10.6. The highest BCUT2D eigenvalue weighted by molar-refractivity contribution is 7.94. The van der Waals surface area contributed by atoms with Gasteiger partial charge in [-0.2, -0.15) is 4.36 Å². The number of methoxy groups -OCH3 is 1. The summed E-state index contributed by atoms with van der Waals surface area (Å²) in [4.78, 5) is 30.6. The van der Waals surface area contributed by atoms with Crippen LogP contribution in [0.2, 0.25) is 5.02 Å². The van der Waals surface area contributed by atoms with E-state index < -0.39 is 15.6 Å². The van der Waals surface area contributed by atoms with E-state index in [1.165, 1.54) is 16.0 Å². The molecule has 2 aromatic rings. The van der Waals surface area contributed by atoms with Crippen molar-refractivity contribution in [1.29, 1.82) is 0 Å². The van der Waals surface area contributed by atoms with Crippen LogP contribution in [0.15, 0.2) is 52.9 Å². The normalized spacial score (nSPS) is 30.1. The van der Waals surface area contributed by atoms with E-state index in [1.807, 2.05) is 25.1 Å². The summed E-state index contributed by atoms with van der Waals surface area (Å²) in [6.45, 7) is 4.44. The van der Waals surface area contributed by atoms with E-state index in [0.29, 0.717) is 43.4 Å². The average Bonchev–Trinajstić information content (AvgIpc) is 3.18. The Morgan fingerprint density at radius 2 is 2.07 bits per heavy atom. The number of hydrogen-bond donors (Lipinski definition) is 0. The number of carbonyl (C=O) groups excluding carboxylic acids is 2. The van der Waals surface area contributed by atoms with Gasteiger partial charge >= 0.3 is 0 Å². The van der Waals surface area contributed by atoms with Gasteiger partial charge in [0.2, 0.25) is 5.91 Å². The molecule has 1 spiro atoms. The number of aryl methyl sites for hydroxylation is 1. The average molecular weight is 668 g/mol. The van der Waals surface area contributed by atoms with Crippen LogP contribution in [-0.2, 0) is 31.1 Å². The van der Waals surface area contributed by atoms with E-state index in [9.17, 15) is 13.8 Å². The molecule has 0 aromatic heterocycles. The molecule has 2 aliphatic carbocycles. The summed E-state index contributed by atoms with van der Waals surface area (Å²) < 4.78 is 31.1. The van der Waals surface area contributed by atoms with Crippen molar-refractivity contribution < 1.29 is 23.3 Å². The van der Waals surface area contributed by atoms with Crippen molar-refractivity contribution in [3.63, 3.8) is 0 Å². The number of nitrogens with zero attached hydrogens (tertiary/aromatic N) is 3. The van der Waals surface area contributed by atoms with Crippen molar-refractivity contribution in [2.24, 2.45) is 16.2 Å². The van der Waals surface area contributed by atoms with Crippen molar-refractivity contribution in [2.75, 3.05) is 56.8 Å². The lowest BCUT2D eigenvalue weighted by atomic mass is 9.68. The Bertz CT molecular complexity index is 1640. The SMILES string of the molecule is CCN(C)C(=O)C[S@]1(=O)=NC(=O)c2ccc3c(c2)N(C[C@@H]2CC[C@H]2[C@@H](OC)/C=C/CCC1)C[C@@]1(CCCc2cc(Cl)ccc21)CO3. The molecule has 2 amide bonds. The maximum absolute atomic E-state index is 14.1. The first-order valence-corrected chi connectivity index (χ1v) is 18.9. The Morgan fingerprint density at radius 3 is 2.83 bits per heavy atom. The molecule has 6 rings (SSSR count). The summed E-state index contributed by atoms with van der Waals surface area (Å²) in [5.41, 5.74) is 3.55. The molecule has 1 saturated carbocycles. The number of benzene rings is 2. The van der Waals surface area contributed by atoms with Crippen molar-refractivity contribution in [2.45, 2.75) is 63.4 Å². The lowest BCUT2D eigenvalue weighted by Crippen LogP contribution is -2.49. The van der Waals surface area contributed by atoms with Crippen molar-refractivity contribution >= 4 is 38.8 Å². The number of halogens is 1. The number of rotatable bonds is 4. The van der Waals surface area contributed by atoms with Gasteiger partial charge in [0.25, 0.3) is 5.91 Å². The summed E-state index contributed by atoms with van der Waals surface area (Å²) in [6.07, 6.45) is 10.7. The van der Waals surface area contributed by atoms with Gasteiger partial charge in [0, 0.05) is 55.5 Å². The van der Waals surface area contributed by atoms with Crippen LogP contribution in [0.4, 0.5) is 5.69 Å². The Morgan fingerprint density at radius 1 is 1.22 bits per heavy atom. The van der Waals surface area contributed by atoms with Crippen LogP contribution in [0.3, 0.4) is 0 Å². The Hall–Kier alpha value is -2.88. The van der Waals surface area contributed by atoms with Gasteiger partial charge in [-0.05, 0) is 105 Å². The molecule has 248 valence electrons. The van der Waals surface area contributed by atoms with Crippen LogP contribution in [0.1, 0.15) is 66.9 Å². The summed E-state index contributed by atoms with van der Waals surface area (Å²) in [7, 11) is 0.317. The quantitative estimate of drug-likeness (QED) is 0.356. The zero-order valence-corrected chi connectivity index (χ0v) is 28.8. The fraction of sp³-hybridized carbons (Fsp3) is 0.556. The van der Waals surface area contributed by atoms with Crippen LogP contribution in [0.5, 0.6) is 5.75 Å². The highest BCUT2D eigenvalue weighted by atomic mass is 35.5. The number of ether oxygens (including phenoxy) is 2. The molecule has 0 saturated heterocycles. The molecule has 2 aromatic carbocycles. The minimum absolute atomic E-state index is 0.0115. The first-order chi connectivity index (χ1) is 22.1. The first-order valence-electron chi connectivity index (χ1n) is 16.6. The monoisotopic (exact) mass is 667 g/mol. The van der Waals surface area contributed by atoms with Crippen LogP contribution in [0.25, 0.3) is 0 Å². The predicted molar refractivity (Wildman–Crippen MR) is 184 cm³/mol. The third kappa shape index (κ3) is 6.74. The van der Waals surface area contributed by atoms with E-state index >= 15 is 0 Å². The van der Waals surface area contributed by atoms with Gasteiger partial charge in [-0.1, -0.05) is 29.8 Å². The molecule has 4 aliphatic rings. The Kier molecular flexibility index (Phi) is 9.83. The molecule has 2 heterocycles. The number of carbonyl (C=O) groups is 2. The Labute approximate surface area is 278 Å². The fourth-order valence-corrected chi connectivity index (χ4v) is 9.80. The highest BCUT2D eigenvalue weighted by Crippen LogP contribution is 2.47. The van der Waals surface area contributed by atoms with Crippen molar-refractivity contribution in [3.05, 3.63) is 70.3 Å². The number of amides is 2. The molecule has 46 heavy (non-hydrogen) atoms. The molecule has 2 aliphatic heterocycles. The van der Waals surface area contributed by atoms with E-state index in [-0.39, 0.29) is 28.9 Å². The summed E-state index contributed by atoms with van der Waals surface area (Å²) in [5.74, 6) is 0.593. The van der Waals surface area contributed by atoms with Gasteiger partial charge in [-0.15, -0.1) is 0 Å². The van der Waals surface area contributed by atoms with Gasteiger partial charge in [0.1, 0.15) is 11.5 Å². The fourth-order valence-electron chi connectivity index (χ4n) is 7.67. The van der Waals surface area contributed by atoms with Gasteiger partial charge in [-0.3, -0.25) is 9.59 Å². The zero-order valence-electron chi connectivity index (χ0n) is 27.2. The van der Waals surface area contributed by atoms with Crippen molar-refractivity contribution in [1.82, 2.24) is 4.90 Å². The van der Waals surface area contributed by atoms with E-state index in [4.69, 9.17) is 21.1 Å². The van der Waals surface area contributed by atoms with Crippen LogP contribution >= 0.6 is 11.6 Å². The predicted octanol–water partition coefficient (Wildman–Crippen LogP) is 6.29. The number of fused-ring (bicyclic) bond motifs is 4. The molecular weight excluding hydrogens is 622 g/mol. The molecular formula is C36H46ClN3O5S. The summed E-state index contributed by atoms with van der Waals surface area (Å²) in [6, 6.07) is 11.7. The molecule has 1 fully saturated rings. The minimum Gasteiger partial charge on any atom is -0.490 e. The molecule has 10 heteroatoms. The van der Waals surface area contributed by atoms with E-state index in [2.05, 4.69) is 33.5 Å². The number of allylic oxidation sites excluding steroid dienone is 1. The molecule has 0 N–H and O–H groups in total. The second-order valence-electron chi connectivity index (χ2n) is 13.5. The van der Waals surface area contributed by atoms with Crippen molar-refractivity contribution in [3.8, 4) is 5.75 Å². The summed E-state index contributed by atoms with van der Waals surface area (Å²) in [5, 5.41) is 0.751. The van der Waals surface area contributed by atoms with Gasteiger partial charge in [0.05, 0.1) is 28.1 Å².